The van der Waals surface area contributed by atoms with Crippen LogP contribution in [0.4, 0.5) is 0 Å². The first-order valence-electron chi connectivity index (χ1n) is 22.0. The number of unbranched alkanes of at least 4 members (excludes halogenated alkanes) is 14. The zero-order valence-corrected chi connectivity index (χ0v) is 36.3. The number of hydrogen-bond acceptors (Lipinski definition) is 7. The van der Waals surface area contributed by atoms with Crippen molar-refractivity contribution >= 4 is 17.9 Å². The summed E-state index contributed by atoms with van der Waals surface area (Å²) in [5.74, 6) is -1.78. The van der Waals surface area contributed by atoms with Gasteiger partial charge in [-0.2, -0.15) is 0 Å². The van der Waals surface area contributed by atoms with Crippen LogP contribution in [0.1, 0.15) is 162 Å². The van der Waals surface area contributed by atoms with Crippen LogP contribution in [-0.4, -0.2) is 75.5 Å². The van der Waals surface area contributed by atoms with Crippen molar-refractivity contribution < 1.29 is 38.2 Å². The summed E-state index contributed by atoms with van der Waals surface area (Å²) < 4.78 is 17.1. The SMILES string of the molecule is CC/C=C/C=C/C=C/CCCCCCCC(=O)OC(COCCC(C(=O)[O-])[N+](C)(C)C)COC(=O)CCCCCCCCCCC/C=C/C/C=C/C/C=C/CC. The van der Waals surface area contributed by atoms with Crippen LogP contribution < -0.4 is 5.11 Å². The Bertz CT molecular complexity index is 1140. The van der Waals surface area contributed by atoms with E-state index in [0.29, 0.717) is 12.8 Å². The number of quaternary nitrogens is 1. The molecule has 0 N–H and O–H groups in total. The highest BCUT2D eigenvalue weighted by Crippen LogP contribution is 2.14. The van der Waals surface area contributed by atoms with E-state index in [1.54, 1.807) is 21.1 Å². The molecule has 320 valence electrons. The Morgan fingerprint density at radius 1 is 0.554 bits per heavy atom. The van der Waals surface area contributed by atoms with Gasteiger partial charge in [0.2, 0.25) is 0 Å². The number of nitrogens with zero attached hydrogens (tertiary/aromatic N) is 1. The predicted octanol–water partition coefficient (Wildman–Crippen LogP) is 10.6. The van der Waals surface area contributed by atoms with Gasteiger partial charge >= 0.3 is 11.9 Å². The molecule has 8 heteroatoms. The van der Waals surface area contributed by atoms with Crippen LogP contribution in [0.2, 0.25) is 0 Å². The molecule has 2 atom stereocenters. The molecule has 0 saturated heterocycles. The van der Waals surface area contributed by atoms with Gasteiger partial charge in [-0.1, -0.05) is 151 Å². The first-order chi connectivity index (χ1) is 27.1. The Morgan fingerprint density at radius 3 is 1.59 bits per heavy atom. The van der Waals surface area contributed by atoms with Crippen molar-refractivity contribution in [1.29, 1.82) is 0 Å². The average molecular weight is 784 g/mol. The molecule has 0 fully saturated rings. The first-order valence-corrected chi connectivity index (χ1v) is 22.0. The quantitative estimate of drug-likeness (QED) is 0.0202. The molecule has 0 aromatic carbocycles. The standard InChI is InChI=1S/C48H81NO7/c1-6-8-10-12-14-16-18-20-21-22-23-24-25-27-28-30-32-34-36-38-46(50)55-43-44(42-54-41-40-45(48(52)53)49(3,4)5)56-47(51)39-37-35-33-31-29-26-19-17-15-13-11-9-7-2/h8-11,13-17,19-21,44-45H,6-7,12,18,22-43H2,1-5H3/b10-8+,11-9+,15-13+,16-14+,19-17+,21-20+. The van der Waals surface area contributed by atoms with Crippen molar-refractivity contribution in [2.45, 2.75) is 174 Å². The number of carboxylic acid groups (broad SMARTS) is 1. The summed E-state index contributed by atoms with van der Waals surface area (Å²) in [7, 11) is 5.39. The molecule has 0 spiro atoms. The fourth-order valence-electron chi connectivity index (χ4n) is 6.03. The van der Waals surface area contributed by atoms with E-state index in [4.69, 9.17) is 14.2 Å². The van der Waals surface area contributed by atoms with Gasteiger partial charge < -0.3 is 28.6 Å². The van der Waals surface area contributed by atoms with E-state index in [0.717, 1.165) is 89.9 Å². The normalized spacial score (nSPS) is 13.7. The van der Waals surface area contributed by atoms with Crippen LogP contribution in [0.15, 0.2) is 72.9 Å². The minimum Gasteiger partial charge on any atom is -0.544 e. The highest BCUT2D eigenvalue weighted by molar-refractivity contribution is 5.70. The fraction of sp³-hybridized carbons (Fsp3) is 0.688. The van der Waals surface area contributed by atoms with Gasteiger partial charge in [-0.3, -0.25) is 9.59 Å². The zero-order chi connectivity index (χ0) is 41.4. The molecule has 0 saturated carbocycles. The van der Waals surface area contributed by atoms with Crippen LogP contribution in [0.25, 0.3) is 0 Å². The Morgan fingerprint density at radius 2 is 1.04 bits per heavy atom. The maximum absolute atomic E-state index is 12.7. The average Bonchev–Trinajstić information content (AvgIpc) is 3.15. The maximum Gasteiger partial charge on any atom is 0.306 e. The van der Waals surface area contributed by atoms with Crippen LogP contribution in [0.5, 0.6) is 0 Å². The van der Waals surface area contributed by atoms with Gasteiger partial charge in [0.1, 0.15) is 12.6 Å². The molecule has 56 heavy (non-hydrogen) atoms. The summed E-state index contributed by atoms with van der Waals surface area (Å²) in [6, 6.07) is -0.733. The molecular formula is C48H81NO7. The lowest BCUT2D eigenvalue weighted by atomic mass is 10.1. The lowest BCUT2D eigenvalue weighted by Crippen LogP contribution is -2.55. The molecule has 0 radical (unpaired) electrons. The van der Waals surface area contributed by atoms with Gasteiger partial charge in [0.05, 0.1) is 40.3 Å². The molecule has 0 aliphatic carbocycles. The lowest BCUT2D eigenvalue weighted by molar-refractivity contribution is -0.889. The topological polar surface area (TPSA) is 102 Å². The van der Waals surface area contributed by atoms with Crippen molar-refractivity contribution in [2.75, 3.05) is 41.0 Å². The third-order valence-electron chi connectivity index (χ3n) is 9.40. The Balaban J connectivity index is 4.34. The van der Waals surface area contributed by atoms with Crippen molar-refractivity contribution in [3.63, 3.8) is 0 Å². The third kappa shape index (κ3) is 36.4. The number of likely N-dealkylation sites (N-methyl/N-ethyl adjacent to an activating group) is 1. The van der Waals surface area contributed by atoms with Gasteiger partial charge in [0, 0.05) is 19.3 Å². The van der Waals surface area contributed by atoms with Crippen LogP contribution in [0.3, 0.4) is 0 Å². The number of esters is 2. The van der Waals surface area contributed by atoms with Crippen molar-refractivity contribution in [1.82, 2.24) is 0 Å². The van der Waals surface area contributed by atoms with E-state index in [1.165, 1.54) is 38.5 Å². The molecule has 0 aliphatic heterocycles. The number of carbonyl (C=O) groups excluding carboxylic acids is 3. The number of ether oxygens (including phenoxy) is 3. The maximum atomic E-state index is 12.7. The van der Waals surface area contributed by atoms with Gasteiger partial charge in [0.25, 0.3) is 0 Å². The largest absolute Gasteiger partial charge is 0.544 e. The van der Waals surface area contributed by atoms with Crippen LogP contribution >= 0.6 is 0 Å². The summed E-state index contributed by atoms with van der Waals surface area (Å²) in [6.07, 6.45) is 47.8. The van der Waals surface area contributed by atoms with Crippen molar-refractivity contribution in [3.05, 3.63) is 72.9 Å². The van der Waals surface area contributed by atoms with Crippen LogP contribution in [0, 0.1) is 0 Å². The highest BCUT2D eigenvalue weighted by atomic mass is 16.6. The third-order valence-corrected chi connectivity index (χ3v) is 9.40. The Labute approximate surface area is 342 Å². The van der Waals surface area contributed by atoms with Crippen molar-refractivity contribution in [3.8, 4) is 0 Å². The first kappa shape index (κ1) is 52.8. The monoisotopic (exact) mass is 784 g/mol. The minimum atomic E-state index is -1.13. The molecule has 0 amide bonds. The van der Waals surface area contributed by atoms with Crippen molar-refractivity contribution in [2.24, 2.45) is 0 Å². The van der Waals surface area contributed by atoms with E-state index in [-0.39, 0.29) is 42.7 Å². The molecule has 8 nitrogen and oxygen atoms in total. The zero-order valence-electron chi connectivity index (χ0n) is 36.3. The molecule has 0 rings (SSSR count). The molecule has 2 unspecified atom stereocenters. The van der Waals surface area contributed by atoms with E-state index in [9.17, 15) is 19.5 Å². The van der Waals surface area contributed by atoms with Gasteiger partial charge in [-0.25, -0.2) is 0 Å². The number of aliphatic carboxylic acids is 1. The van der Waals surface area contributed by atoms with E-state index in [1.807, 2.05) is 12.2 Å². The van der Waals surface area contributed by atoms with Crippen LogP contribution in [-0.2, 0) is 28.6 Å². The molecule has 0 heterocycles. The molecular weight excluding hydrogens is 703 g/mol. The second-order valence-electron chi connectivity index (χ2n) is 15.6. The second-order valence-corrected chi connectivity index (χ2v) is 15.6. The van der Waals surface area contributed by atoms with E-state index < -0.39 is 18.1 Å². The minimum absolute atomic E-state index is 0.0270. The number of allylic oxidation sites excluding steroid dienone is 12. The molecule has 0 aromatic heterocycles. The van der Waals surface area contributed by atoms with Gasteiger partial charge in [-0.05, 0) is 64.2 Å². The molecule has 0 aromatic rings. The summed E-state index contributed by atoms with van der Waals surface area (Å²) in [5.41, 5.74) is 0. The number of rotatable bonds is 38. The highest BCUT2D eigenvalue weighted by Gasteiger charge is 2.25. The van der Waals surface area contributed by atoms with Gasteiger partial charge in [0.15, 0.2) is 6.10 Å². The number of hydrogen-bond donors (Lipinski definition) is 0. The fourth-order valence-corrected chi connectivity index (χ4v) is 6.03. The van der Waals surface area contributed by atoms with E-state index in [2.05, 4.69) is 74.6 Å². The molecule has 0 aliphatic rings. The molecule has 0 bridgehead atoms. The Kier molecular flexibility index (Phi) is 36.4. The van der Waals surface area contributed by atoms with Gasteiger partial charge in [-0.15, -0.1) is 0 Å². The summed E-state index contributed by atoms with van der Waals surface area (Å²) in [5, 5.41) is 11.6. The Hall–Kier alpha value is -3.23. The number of carboxylic acids is 1. The lowest BCUT2D eigenvalue weighted by Gasteiger charge is -2.34. The second kappa shape index (κ2) is 38.6. The van der Waals surface area contributed by atoms with E-state index >= 15 is 0 Å². The predicted molar refractivity (Wildman–Crippen MR) is 231 cm³/mol. The number of carbonyl (C=O) groups is 3. The summed E-state index contributed by atoms with van der Waals surface area (Å²) in [4.78, 5) is 36.8. The summed E-state index contributed by atoms with van der Waals surface area (Å²) >= 11 is 0. The smallest absolute Gasteiger partial charge is 0.306 e. The summed E-state index contributed by atoms with van der Waals surface area (Å²) in [6.45, 7) is 4.38.